The number of likely N-dealkylation sites (tertiary alicyclic amines) is 1. The monoisotopic (exact) mass is 282 g/mol. The zero-order chi connectivity index (χ0) is 14.6. The van der Waals surface area contributed by atoms with Gasteiger partial charge in [0.05, 0.1) is 5.41 Å². The number of carbonyl (C=O) groups excluding carboxylic acids is 1. The van der Waals surface area contributed by atoms with Crippen molar-refractivity contribution < 1.29 is 19.2 Å². The average Bonchev–Trinajstić information content (AvgIpc) is 3.08. The molecule has 1 unspecified atom stereocenters. The molecule has 2 heterocycles. The second-order valence-electron chi connectivity index (χ2n) is 4.94. The number of carboxylic acid groups (broad SMARTS) is 1. The van der Waals surface area contributed by atoms with E-state index in [1.807, 2.05) is 6.92 Å². The minimum absolute atomic E-state index is 0.245. The highest BCUT2D eigenvalue weighted by Crippen LogP contribution is 2.34. The molecule has 1 fully saturated rings. The van der Waals surface area contributed by atoms with Crippen LogP contribution in [0.25, 0.3) is 0 Å². The van der Waals surface area contributed by atoms with Crippen molar-refractivity contribution in [3.05, 3.63) is 12.2 Å². The Bertz CT molecular complexity index is 476. The number of aromatic nitrogens is 2. The summed E-state index contributed by atoms with van der Waals surface area (Å²) in [5.74, 6) is -0.303. The third kappa shape index (κ3) is 2.89. The van der Waals surface area contributed by atoms with E-state index in [4.69, 9.17) is 0 Å². The van der Waals surface area contributed by atoms with Crippen molar-refractivity contribution in [1.29, 1.82) is 0 Å². The Morgan fingerprint density at radius 1 is 1.60 bits per heavy atom. The molecule has 1 aromatic rings. The van der Waals surface area contributed by atoms with Gasteiger partial charge in [0, 0.05) is 26.1 Å². The number of nitrogens with zero attached hydrogens (tertiary/aromatic N) is 3. The van der Waals surface area contributed by atoms with E-state index in [2.05, 4.69) is 20.0 Å². The molecule has 2 N–H and O–H groups in total. The molecule has 0 radical (unpaired) electrons. The summed E-state index contributed by atoms with van der Waals surface area (Å²) in [6.45, 7) is 2.95. The summed E-state index contributed by atoms with van der Waals surface area (Å²) in [5.41, 5.74) is -0.801. The van der Waals surface area contributed by atoms with Crippen LogP contribution < -0.4 is 5.32 Å². The highest BCUT2D eigenvalue weighted by Gasteiger charge is 2.44. The molecule has 2 amide bonds. The molecule has 8 heteroatoms. The van der Waals surface area contributed by atoms with E-state index in [1.165, 1.54) is 6.39 Å². The lowest BCUT2D eigenvalue weighted by Gasteiger charge is -2.23. The van der Waals surface area contributed by atoms with E-state index in [-0.39, 0.29) is 12.6 Å². The van der Waals surface area contributed by atoms with Gasteiger partial charge in [0.15, 0.2) is 5.82 Å². The molecule has 0 saturated carbocycles. The molecule has 1 saturated heterocycles. The molecule has 0 bridgehead atoms. The van der Waals surface area contributed by atoms with E-state index >= 15 is 0 Å². The van der Waals surface area contributed by atoms with Gasteiger partial charge in [-0.3, -0.25) is 4.79 Å². The van der Waals surface area contributed by atoms with Crippen LogP contribution in [-0.4, -0.2) is 51.8 Å². The summed E-state index contributed by atoms with van der Waals surface area (Å²) >= 11 is 0. The fraction of sp³-hybridized carbons (Fsp3) is 0.667. The summed E-state index contributed by atoms with van der Waals surface area (Å²) in [6.07, 6.45) is 2.74. The predicted molar refractivity (Wildman–Crippen MR) is 68.0 cm³/mol. The Hall–Kier alpha value is -2.12. The van der Waals surface area contributed by atoms with Gasteiger partial charge in [-0.15, -0.1) is 0 Å². The van der Waals surface area contributed by atoms with Crippen LogP contribution in [0, 0.1) is 5.41 Å². The van der Waals surface area contributed by atoms with Gasteiger partial charge in [0.1, 0.15) is 0 Å². The van der Waals surface area contributed by atoms with Crippen LogP contribution in [0.3, 0.4) is 0 Å². The number of rotatable bonds is 5. The normalized spacial score (nSPS) is 21.9. The van der Waals surface area contributed by atoms with Crippen molar-refractivity contribution in [3.8, 4) is 0 Å². The smallest absolute Gasteiger partial charge is 0.317 e. The topological polar surface area (TPSA) is 109 Å². The van der Waals surface area contributed by atoms with Crippen LogP contribution in [0.1, 0.15) is 25.6 Å². The van der Waals surface area contributed by atoms with Crippen LogP contribution in [0.15, 0.2) is 10.9 Å². The molecule has 0 spiro atoms. The number of aliphatic carboxylic acids is 1. The van der Waals surface area contributed by atoms with Crippen molar-refractivity contribution in [3.63, 3.8) is 0 Å². The Kier molecular flexibility index (Phi) is 4.21. The predicted octanol–water partition coefficient (Wildman–Crippen LogP) is 0.508. The molecule has 0 aromatic carbocycles. The molecule has 0 aliphatic carbocycles. The molecule has 1 aliphatic heterocycles. The summed E-state index contributed by atoms with van der Waals surface area (Å²) in [7, 11) is 0. The van der Waals surface area contributed by atoms with Crippen molar-refractivity contribution in [1.82, 2.24) is 20.4 Å². The van der Waals surface area contributed by atoms with Gasteiger partial charge < -0.3 is 19.8 Å². The van der Waals surface area contributed by atoms with Crippen LogP contribution in [0.5, 0.6) is 0 Å². The third-order valence-corrected chi connectivity index (χ3v) is 3.80. The minimum Gasteiger partial charge on any atom is -0.481 e. The molecule has 1 aromatic heterocycles. The van der Waals surface area contributed by atoms with Gasteiger partial charge in [-0.2, -0.15) is 4.98 Å². The van der Waals surface area contributed by atoms with Gasteiger partial charge in [-0.1, -0.05) is 12.1 Å². The lowest BCUT2D eigenvalue weighted by molar-refractivity contribution is -0.148. The van der Waals surface area contributed by atoms with Crippen molar-refractivity contribution >= 4 is 12.0 Å². The fourth-order valence-electron chi connectivity index (χ4n) is 2.36. The summed E-state index contributed by atoms with van der Waals surface area (Å²) in [6, 6.07) is -0.245. The van der Waals surface area contributed by atoms with Crippen LogP contribution in [-0.2, 0) is 11.2 Å². The van der Waals surface area contributed by atoms with Crippen molar-refractivity contribution in [2.75, 3.05) is 19.6 Å². The van der Waals surface area contributed by atoms with Crippen LogP contribution >= 0.6 is 0 Å². The lowest BCUT2D eigenvalue weighted by atomic mass is 9.84. The maximum absolute atomic E-state index is 12.0. The Morgan fingerprint density at radius 2 is 2.40 bits per heavy atom. The number of urea groups is 1. The first-order valence-electron chi connectivity index (χ1n) is 6.59. The Labute approximate surface area is 116 Å². The van der Waals surface area contributed by atoms with Gasteiger partial charge >= 0.3 is 12.0 Å². The molecule has 1 atom stereocenters. The Balaban J connectivity index is 1.80. The van der Waals surface area contributed by atoms with Crippen LogP contribution in [0.2, 0.25) is 0 Å². The maximum Gasteiger partial charge on any atom is 0.317 e. The quantitative estimate of drug-likeness (QED) is 0.814. The largest absolute Gasteiger partial charge is 0.481 e. The third-order valence-electron chi connectivity index (χ3n) is 3.80. The first-order chi connectivity index (χ1) is 9.57. The number of carboxylic acids is 1. The number of hydrogen-bond donors (Lipinski definition) is 2. The van der Waals surface area contributed by atoms with Gasteiger partial charge in [0.25, 0.3) is 0 Å². The second kappa shape index (κ2) is 5.89. The van der Waals surface area contributed by atoms with E-state index in [0.717, 1.165) is 0 Å². The first-order valence-corrected chi connectivity index (χ1v) is 6.59. The molecule has 110 valence electrons. The zero-order valence-electron chi connectivity index (χ0n) is 11.3. The van der Waals surface area contributed by atoms with Gasteiger partial charge in [-0.25, -0.2) is 4.79 Å². The van der Waals surface area contributed by atoms with Crippen molar-refractivity contribution in [2.45, 2.75) is 26.2 Å². The second-order valence-corrected chi connectivity index (χ2v) is 4.94. The standard InChI is InChI=1S/C12H18N4O4/c1-2-12(10(17)18)4-6-16(7-12)11(19)13-5-3-9-14-8-20-15-9/h8H,2-7H2,1H3,(H,13,19)(H,17,18). The molecular weight excluding hydrogens is 264 g/mol. The van der Waals surface area contributed by atoms with E-state index < -0.39 is 11.4 Å². The summed E-state index contributed by atoms with van der Waals surface area (Å²) in [5, 5.41) is 15.7. The molecule has 1 aliphatic rings. The summed E-state index contributed by atoms with van der Waals surface area (Å²) < 4.78 is 4.59. The number of amides is 2. The fourth-order valence-corrected chi connectivity index (χ4v) is 2.36. The van der Waals surface area contributed by atoms with Crippen LogP contribution in [0.4, 0.5) is 4.79 Å². The maximum atomic E-state index is 12.0. The number of nitrogens with one attached hydrogen (secondary N) is 1. The van der Waals surface area contributed by atoms with Gasteiger partial charge in [-0.05, 0) is 12.8 Å². The van der Waals surface area contributed by atoms with E-state index in [1.54, 1.807) is 4.90 Å². The zero-order valence-corrected chi connectivity index (χ0v) is 11.3. The first kappa shape index (κ1) is 14.3. The SMILES string of the molecule is CCC1(C(=O)O)CCN(C(=O)NCCc2ncon2)C1. The number of hydrogen-bond acceptors (Lipinski definition) is 5. The highest BCUT2D eigenvalue weighted by molar-refractivity contribution is 5.79. The van der Waals surface area contributed by atoms with E-state index in [9.17, 15) is 14.7 Å². The average molecular weight is 282 g/mol. The van der Waals surface area contributed by atoms with Gasteiger partial charge in [0.2, 0.25) is 6.39 Å². The molecular formula is C12H18N4O4. The number of carbonyl (C=O) groups is 2. The lowest BCUT2D eigenvalue weighted by Crippen LogP contribution is -2.42. The summed E-state index contributed by atoms with van der Waals surface area (Å²) in [4.78, 5) is 28.7. The van der Waals surface area contributed by atoms with Crippen molar-refractivity contribution in [2.24, 2.45) is 5.41 Å². The molecule has 2 rings (SSSR count). The molecule has 20 heavy (non-hydrogen) atoms. The highest BCUT2D eigenvalue weighted by atomic mass is 16.5. The Morgan fingerprint density at radius 3 is 2.95 bits per heavy atom. The van der Waals surface area contributed by atoms with E-state index in [0.29, 0.717) is 38.2 Å². The minimum atomic E-state index is -0.831. The molecule has 8 nitrogen and oxygen atoms in total.